The molecule has 0 unspecified atom stereocenters. The minimum absolute atomic E-state index is 0.0205. The lowest BCUT2D eigenvalue weighted by molar-refractivity contribution is 0.0914. The van der Waals surface area contributed by atoms with Crippen LogP contribution in [0.25, 0.3) is 0 Å². The Balaban J connectivity index is 1.57. The molecule has 35 heavy (non-hydrogen) atoms. The molecule has 1 fully saturated rings. The van der Waals surface area contributed by atoms with Gasteiger partial charge in [0.2, 0.25) is 20.0 Å². The summed E-state index contributed by atoms with van der Waals surface area (Å²) in [6, 6.07) is 18.2. The first-order valence-corrected chi connectivity index (χ1v) is 14.5. The van der Waals surface area contributed by atoms with Gasteiger partial charge in [-0.2, -0.15) is 8.61 Å². The number of ether oxygens (including phenoxy) is 1. The van der Waals surface area contributed by atoms with Crippen LogP contribution in [0.15, 0.2) is 87.2 Å². The first-order valence-electron chi connectivity index (χ1n) is 11.6. The molecule has 0 N–H and O–H groups in total. The predicted octanol–water partition coefficient (Wildman–Crippen LogP) is 3.86. The SMILES string of the molecule is CCN(Cc1ccccc1)S(=O)(=O)c1ccc(S(=O)(=O)N(Cc2ccco2)C[C@@H]2CCCO2)cc1. The van der Waals surface area contributed by atoms with Gasteiger partial charge in [-0.05, 0) is 54.8 Å². The standard InChI is InChI=1S/C25H30N2O6S2/c1-2-26(18-21-8-4-3-5-9-21)34(28,29)24-12-14-25(15-13-24)35(30,31)27(19-22-10-6-16-32-22)20-23-11-7-17-33-23/h3-6,8-10,12-16,23H,2,7,11,17-20H2,1H3/t23-/m0/s1. The van der Waals surface area contributed by atoms with Crippen LogP contribution in [0, 0.1) is 0 Å². The second kappa shape index (κ2) is 11.0. The molecule has 3 aromatic rings. The summed E-state index contributed by atoms with van der Waals surface area (Å²) in [7, 11) is -7.72. The van der Waals surface area contributed by atoms with Gasteiger partial charge in [-0.3, -0.25) is 0 Å². The van der Waals surface area contributed by atoms with E-state index in [0.717, 1.165) is 18.4 Å². The van der Waals surface area contributed by atoms with E-state index in [2.05, 4.69) is 0 Å². The van der Waals surface area contributed by atoms with Crippen molar-refractivity contribution < 1.29 is 26.0 Å². The molecule has 8 nitrogen and oxygen atoms in total. The van der Waals surface area contributed by atoms with Crippen LogP contribution in [0.2, 0.25) is 0 Å². The first kappa shape index (κ1) is 25.6. The van der Waals surface area contributed by atoms with Gasteiger partial charge < -0.3 is 9.15 Å². The fraction of sp³-hybridized carbons (Fsp3) is 0.360. The van der Waals surface area contributed by atoms with Gasteiger partial charge in [0.05, 0.1) is 28.7 Å². The second-order valence-corrected chi connectivity index (χ2v) is 12.3. The highest BCUT2D eigenvalue weighted by Crippen LogP contribution is 2.25. The second-order valence-electron chi connectivity index (χ2n) is 8.40. The third kappa shape index (κ3) is 6.02. The van der Waals surface area contributed by atoms with Crippen molar-refractivity contribution in [2.45, 2.75) is 48.7 Å². The van der Waals surface area contributed by atoms with E-state index in [1.165, 1.54) is 39.1 Å². The van der Waals surface area contributed by atoms with E-state index in [4.69, 9.17) is 9.15 Å². The molecule has 1 aliphatic rings. The van der Waals surface area contributed by atoms with Crippen LogP contribution in [-0.4, -0.2) is 51.2 Å². The Morgan fingerprint density at radius 1 is 0.829 bits per heavy atom. The quantitative estimate of drug-likeness (QED) is 0.382. The van der Waals surface area contributed by atoms with E-state index in [1.807, 2.05) is 30.3 Å². The van der Waals surface area contributed by atoms with Crippen LogP contribution in [0.5, 0.6) is 0 Å². The van der Waals surface area contributed by atoms with Gasteiger partial charge in [-0.1, -0.05) is 37.3 Å². The fourth-order valence-electron chi connectivity index (χ4n) is 4.07. The molecule has 0 saturated carbocycles. The van der Waals surface area contributed by atoms with Gasteiger partial charge in [0.15, 0.2) is 0 Å². The summed E-state index contributed by atoms with van der Waals surface area (Å²) in [5, 5.41) is 0. The zero-order chi connectivity index (χ0) is 24.9. The Kier molecular flexibility index (Phi) is 8.08. The number of hydrogen-bond acceptors (Lipinski definition) is 6. The van der Waals surface area contributed by atoms with Crippen molar-refractivity contribution in [1.29, 1.82) is 0 Å². The fourth-order valence-corrected chi connectivity index (χ4v) is 6.95. The third-order valence-electron chi connectivity index (χ3n) is 6.00. The summed E-state index contributed by atoms with van der Waals surface area (Å²) in [4.78, 5) is 0.0676. The Labute approximate surface area is 207 Å². The topological polar surface area (TPSA) is 97.1 Å². The summed E-state index contributed by atoms with van der Waals surface area (Å²) >= 11 is 0. The molecule has 1 aliphatic heterocycles. The smallest absolute Gasteiger partial charge is 0.243 e. The van der Waals surface area contributed by atoms with E-state index >= 15 is 0 Å². The average molecular weight is 519 g/mol. The van der Waals surface area contributed by atoms with Crippen molar-refractivity contribution in [3.05, 3.63) is 84.3 Å². The minimum atomic E-state index is -3.92. The highest BCUT2D eigenvalue weighted by Gasteiger charge is 2.31. The van der Waals surface area contributed by atoms with E-state index in [9.17, 15) is 16.8 Å². The molecule has 1 atom stereocenters. The Morgan fingerprint density at radius 3 is 2.03 bits per heavy atom. The molecular formula is C25H30N2O6S2. The van der Waals surface area contributed by atoms with Crippen LogP contribution in [0.4, 0.5) is 0 Å². The minimum Gasteiger partial charge on any atom is -0.468 e. The van der Waals surface area contributed by atoms with Crippen LogP contribution >= 0.6 is 0 Å². The molecule has 1 saturated heterocycles. The molecule has 1 aromatic heterocycles. The van der Waals surface area contributed by atoms with Crippen molar-refractivity contribution >= 4 is 20.0 Å². The van der Waals surface area contributed by atoms with E-state index in [1.54, 1.807) is 19.1 Å². The average Bonchev–Trinajstić information content (AvgIpc) is 3.57. The maximum atomic E-state index is 13.5. The number of sulfonamides is 2. The van der Waals surface area contributed by atoms with Crippen LogP contribution in [0.1, 0.15) is 31.1 Å². The molecule has 0 amide bonds. The number of hydrogen-bond donors (Lipinski definition) is 0. The zero-order valence-corrected chi connectivity index (χ0v) is 21.2. The molecule has 188 valence electrons. The van der Waals surface area contributed by atoms with Gasteiger partial charge in [0, 0.05) is 26.2 Å². The highest BCUT2D eigenvalue weighted by molar-refractivity contribution is 7.89. The Morgan fingerprint density at radius 2 is 1.49 bits per heavy atom. The Hall–Kier alpha value is -2.50. The van der Waals surface area contributed by atoms with Gasteiger partial charge in [0.1, 0.15) is 5.76 Å². The zero-order valence-electron chi connectivity index (χ0n) is 19.6. The van der Waals surface area contributed by atoms with E-state index in [0.29, 0.717) is 12.4 Å². The van der Waals surface area contributed by atoms with Gasteiger partial charge in [-0.25, -0.2) is 16.8 Å². The molecule has 10 heteroatoms. The van der Waals surface area contributed by atoms with Crippen LogP contribution in [-0.2, 0) is 37.9 Å². The molecule has 0 spiro atoms. The number of furan rings is 1. The normalized spacial score (nSPS) is 16.8. The molecule has 0 aliphatic carbocycles. The number of rotatable bonds is 11. The van der Waals surface area contributed by atoms with Crippen molar-refractivity contribution in [2.75, 3.05) is 19.7 Å². The summed E-state index contributed by atoms with van der Waals surface area (Å²) in [6.45, 7) is 3.17. The van der Waals surface area contributed by atoms with Crippen molar-refractivity contribution in [1.82, 2.24) is 8.61 Å². The van der Waals surface area contributed by atoms with E-state index in [-0.39, 0.29) is 42.1 Å². The maximum Gasteiger partial charge on any atom is 0.243 e. The van der Waals surface area contributed by atoms with Crippen molar-refractivity contribution in [2.24, 2.45) is 0 Å². The maximum absolute atomic E-state index is 13.5. The van der Waals surface area contributed by atoms with Crippen molar-refractivity contribution in [3.8, 4) is 0 Å². The molecule has 2 heterocycles. The molecule has 4 rings (SSSR count). The van der Waals surface area contributed by atoms with E-state index < -0.39 is 20.0 Å². The van der Waals surface area contributed by atoms with Gasteiger partial charge in [-0.15, -0.1) is 0 Å². The predicted molar refractivity (Wildman–Crippen MR) is 131 cm³/mol. The summed E-state index contributed by atoms with van der Waals surface area (Å²) in [5.41, 5.74) is 0.875. The lowest BCUT2D eigenvalue weighted by atomic mass is 10.2. The largest absolute Gasteiger partial charge is 0.468 e. The molecule has 0 radical (unpaired) electrons. The van der Waals surface area contributed by atoms with Gasteiger partial charge >= 0.3 is 0 Å². The van der Waals surface area contributed by atoms with Crippen molar-refractivity contribution in [3.63, 3.8) is 0 Å². The van der Waals surface area contributed by atoms with Crippen LogP contribution < -0.4 is 0 Å². The molecular weight excluding hydrogens is 488 g/mol. The Bertz CT molecular complexity index is 1290. The molecule has 0 bridgehead atoms. The monoisotopic (exact) mass is 518 g/mol. The number of nitrogens with zero attached hydrogens (tertiary/aromatic N) is 2. The summed E-state index contributed by atoms with van der Waals surface area (Å²) in [6.07, 6.45) is 3.00. The summed E-state index contributed by atoms with van der Waals surface area (Å²) in [5.74, 6) is 0.519. The highest BCUT2D eigenvalue weighted by atomic mass is 32.2. The lowest BCUT2D eigenvalue weighted by Crippen LogP contribution is -2.37. The lowest BCUT2D eigenvalue weighted by Gasteiger charge is -2.24. The first-order chi connectivity index (χ1) is 16.8. The third-order valence-corrected chi connectivity index (χ3v) is 9.76. The van der Waals surface area contributed by atoms with Crippen LogP contribution in [0.3, 0.4) is 0 Å². The molecule has 2 aromatic carbocycles. The number of benzene rings is 2. The van der Waals surface area contributed by atoms with Gasteiger partial charge in [0.25, 0.3) is 0 Å². The summed E-state index contributed by atoms with van der Waals surface area (Å²) < 4.78 is 67.2.